The van der Waals surface area contributed by atoms with E-state index in [4.69, 9.17) is 11.6 Å². The minimum Gasteiger partial charge on any atom is -0.299 e. The van der Waals surface area contributed by atoms with Gasteiger partial charge in [0.15, 0.2) is 0 Å². The van der Waals surface area contributed by atoms with Crippen LogP contribution in [-0.2, 0) is 4.79 Å². The molecule has 0 aliphatic heterocycles. The SMILES string of the molecule is CCC(=O)C1C(c2cccc(Cl)c2)C1(C)C. The van der Waals surface area contributed by atoms with E-state index in [1.54, 1.807) is 0 Å². The molecule has 2 unspecified atom stereocenters. The molecule has 0 bridgehead atoms. The van der Waals surface area contributed by atoms with E-state index in [1.807, 2.05) is 25.1 Å². The third kappa shape index (κ3) is 1.78. The number of carbonyl (C=O) groups is 1. The van der Waals surface area contributed by atoms with Gasteiger partial charge in [-0.25, -0.2) is 0 Å². The van der Waals surface area contributed by atoms with Crippen LogP contribution >= 0.6 is 11.6 Å². The van der Waals surface area contributed by atoms with Gasteiger partial charge in [-0.3, -0.25) is 4.79 Å². The van der Waals surface area contributed by atoms with Crippen LogP contribution in [0.5, 0.6) is 0 Å². The Kier molecular flexibility index (Phi) is 2.83. The topological polar surface area (TPSA) is 17.1 Å². The first-order chi connectivity index (χ1) is 7.48. The van der Waals surface area contributed by atoms with Gasteiger partial charge in [-0.15, -0.1) is 0 Å². The molecule has 1 aromatic rings. The van der Waals surface area contributed by atoms with Gasteiger partial charge in [0.25, 0.3) is 0 Å². The molecule has 16 heavy (non-hydrogen) atoms. The predicted octanol–water partition coefficient (Wildman–Crippen LogP) is 4.06. The predicted molar refractivity (Wildman–Crippen MR) is 66.8 cm³/mol. The molecular formula is C14H17ClO. The maximum Gasteiger partial charge on any atom is 0.136 e. The zero-order chi connectivity index (χ0) is 11.9. The lowest BCUT2D eigenvalue weighted by atomic mass is 10.0. The minimum atomic E-state index is 0.0950. The van der Waals surface area contributed by atoms with Gasteiger partial charge < -0.3 is 0 Å². The van der Waals surface area contributed by atoms with Crippen molar-refractivity contribution in [3.8, 4) is 0 Å². The van der Waals surface area contributed by atoms with Crippen molar-refractivity contribution >= 4 is 17.4 Å². The molecule has 1 aromatic carbocycles. The van der Waals surface area contributed by atoms with Crippen LogP contribution in [0.4, 0.5) is 0 Å². The van der Waals surface area contributed by atoms with E-state index in [0.717, 1.165) is 5.02 Å². The Bertz CT molecular complexity index is 422. The van der Waals surface area contributed by atoms with Crippen LogP contribution in [0.25, 0.3) is 0 Å². The third-order valence-corrected chi connectivity index (χ3v) is 3.97. The van der Waals surface area contributed by atoms with Crippen LogP contribution in [0.15, 0.2) is 24.3 Å². The molecule has 2 atom stereocenters. The first-order valence-corrected chi connectivity index (χ1v) is 6.14. The summed E-state index contributed by atoms with van der Waals surface area (Å²) in [5.41, 5.74) is 1.29. The molecule has 0 N–H and O–H groups in total. The number of rotatable bonds is 3. The number of Topliss-reactive ketones (excluding diaryl/α,β-unsaturated/α-hetero) is 1. The van der Waals surface area contributed by atoms with Crippen LogP contribution in [-0.4, -0.2) is 5.78 Å². The van der Waals surface area contributed by atoms with Crippen molar-refractivity contribution in [1.29, 1.82) is 0 Å². The number of hydrogen-bond donors (Lipinski definition) is 0. The number of benzene rings is 1. The number of hydrogen-bond acceptors (Lipinski definition) is 1. The Balaban J connectivity index is 2.27. The molecule has 1 saturated carbocycles. The molecule has 86 valence electrons. The highest BCUT2D eigenvalue weighted by Gasteiger charge is 2.61. The summed E-state index contributed by atoms with van der Waals surface area (Å²) in [6.45, 7) is 6.26. The summed E-state index contributed by atoms with van der Waals surface area (Å²) in [6, 6.07) is 7.88. The largest absolute Gasteiger partial charge is 0.299 e. The van der Waals surface area contributed by atoms with Crippen molar-refractivity contribution < 1.29 is 4.79 Å². The van der Waals surface area contributed by atoms with Crippen LogP contribution in [0.1, 0.15) is 38.7 Å². The Labute approximate surface area is 102 Å². The van der Waals surface area contributed by atoms with Crippen LogP contribution in [0.2, 0.25) is 5.02 Å². The fourth-order valence-corrected chi connectivity index (χ4v) is 2.98. The fraction of sp³-hybridized carbons (Fsp3) is 0.500. The summed E-state index contributed by atoms with van der Waals surface area (Å²) in [5, 5.41) is 0.753. The van der Waals surface area contributed by atoms with E-state index >= 15 is 0 Å². The molecule has 0 spiro atoms. The molecule has 1 aliphatic rings. The van der Waals surface area contributed by atoms with Gasteiger partial charge in [0, 0.05) is 17.4 Å². The fourth-order valence-electron chi connectivity index (χ4n) is 2.78. The van der Waals surface area contributed by atoms with E-state index in [0.29, 0.717) is 18.1 Å². The molecule has 0 aromatic heterocycles. The zero-order valence-electron chi connectivity index (χ0n) is 9.96. The smallest absolute Gasteiger partial charge is 0.136 e. The Morgan fingerprint density at radius 2 is 2.12 bits per heavy atom. The summed E-state index contributed by atoms with van der Waals surface area (Å²) in [5.74, 6) is 0.893. The molecule has 1 aliphatic carbocycles. The van der Waals surface area contributed by atoms with Crippen molar-refractivity contribution in [3.05, 3.63) is 34.9 Å². The molecule has 2 heteroatoms. The summed E-state index contributed by atoms with van der Waals surface area (Å²) < 4.78 is 0. The quantitative estimate of drug-likeness (QED) is 0.774. The lowest BCUT2D eigenvalue weighted by Crippen LogP contribution is -2.03. The van der Waals surface area contributed by atoms with Crippen molar-refractivity contribution in [2.45, 2.75) is 33.1 Å². The van der Waals surface area contributed by atoms with Gasteiger partial charge in [-0.05, 0) is 29.0 Å². The molecule has 0 amide bonds. The molecule has 0 radical (unpaired) electrons. The van der Waals surface area contributed by atoms with E-state index in [9.17, 15) is 4.79 Å². The van der Waals surface area contributed by atoms with Gasteiger partial charge in [0.2, 0.25) is 0 Å². The van der Waals surface area contributed by atoms with Crippen LogP contribution < -0.4 is 0 Å². The lowest BCUT2D eigenvalue weighted by Gasteiger charge is -2.02. The highest BCUT2D eigenvalue weighted by molar-refractivity contribution is 6.30. The van der Waals surface area contributed by atoms with E-state index < -0.39 is 0 Å². The van der Waals surface area contributed by atoms with Crippen molar-refractivity contribution in [2.24, 2.45) is 11.3 Å². The second-order valence-electron chi connectivity index (χ2n) is 5.15. The van der Waals surface area contributed by atoms with Crippen LogP contribution in [0, 0.1) is 11.3 Å². The van der Waals surface area contributed by atoms with Gasteiger partial charge in [-0.1, -0.05) is 44.5 Å². The first kappa shape index (κ1) is 11.7. The molecule has 2 rings (SSSR count). The monoisotopic (exact) mass is 236 g/mol. The van der Waals surface area contributed by atoms with Crippen molar-refractivity contribution in [2.75, 3.05) is 0 Å². The van der Waals surface area contributed by atoms with Gasteiger partial charge in [-0.2, -0.15) is 0 Å². The average Bonchev–Trinajstić information content (AvgIpc) is 2.80. The summed E-state index contributed by atoms with van der Waals surface area (Å²) in [6.07, 6.45) is 0.630. The van der Waals surface area contributed by atoms with Crippen molar-refractivity contribution in [3.63, 3.8) is 0 Å². The number of halogens is 1. The third-order valence-electron chi connectivity index (χ3n) is 3.73. The van der Waals surface area contributed by atoms with E-state index in [-0.39, 0.29) is 11.3 Å². The molecular weight excluding hydrogens is 220 g/mol. The summed E-state index contributed by atoms with van der Waals surface area (Å²) in [4.78, 5) is 11.8. The molecule has 1 nitrogen and oxygen atoms in total. The lowest BCUT2D eigenvalue weighted by molar-refractivity contribution is -0.120. The standard InChI is InChI=1S/C14H17ClO/c1-4-11(16)13-12(14(13,2)3)9-6-5-7-10(15)8-9/h5-8,12-13H,4H2,1-3H3. The minimum absolute atomic E-state index is 0.0950. The van der Waals surface area contributed by atoms with Gasteiger partial charge >= 0.3 is 0 Å². The number of carbonyl (C=O) groups excluding carboxylic acids is 1. The van der Waals surface area contributed by atoms with Crippen LogP contribution in [0.3, 0.4) is 0 Å². The Morgan fingerprint density at radius 1 is 1.44 bits per heavy atom. The van der Waals surface area contributed by atoms with Crippen molar-refractivity contribution in [1.82, 2.24) is 0 Å². The molecule has 0 heterocycles. The molecule has 1 fully saturated rings. The second kappa shape index (κ2) is 3.89. The Hall–Kier alpha value is -0.820. The van der Waals surface area contributed by atoms with Gasteiger partial charge in [0.1, 0.15) is 5.78 Å². The second-order valence-corrected chi connectivity index (χ2v) is 5.59. The maximum atomic E-state index is 11.8. The summed E-state index contributed by atoms with van der Waals surface area (Å²) >= 11 is 5.99. The highest BCUT2D eigenvalue weighted by atomic mass is 35.5. The van der Waals surface area contributed by atoms with E-state index in [1.165, 1.54) is 5.56 Å². The first-order valence-electron chi connectivity index (χ1n) is 5.76. The highest BCUT2D eigenvalue weighted by Crippen LogP contribution is 2.65. The number of ketones is 1. The Morgan fingerprint density at radius 3 is 2.69 bits per heavy atom. The summed E-state index contributed by atoms with van der Waals surface area (Å²) in [7, 11) is 0. The van der Waals surface area contributed by atoms with E-state index in [2.05, 4.69) is 19.9 Å². The molecule has 0 saturated heterocycles. The normalized spacial score (nSPS) is 26.5. The van der Waals surface area contributed by atoms with Gasteiger partial charge in [0.05, 0.1) is 0 Å². The zero-order valence-corrected chi connectivity index (χ0v) is 10.7. The average molecular weight is 237 g/mol. The maximum absolute atomic E-state index is 11.8.